The lowest BCUT2D eigenvalue weighted by molar-refractivity contribution is 0.478. The summed E-state index contributed by atoms with van der Waals surface area (Å²) in [6.45, 7) is 2.09. The third-order valence-corrected chi connectivity index (χ3v) is 5.36. The van der Waals surface area contributed by atoms with E-state index in [-0.39, 0.29) is 0 Å². The lowest BCUT2D eigenvalue weighted by atomic mass is 10.0. The summed E-state index contributed by atoms with van der Waals surface area (Å²) < 4.78 is 0. The van der Waals surface area contributed by atoms with Crippen LogP contribution < -0.4 is 10.6 Å². The zero-order valence-corrected chi connectivity index (χ0v) is 15.7. The number of rotatable bonds is 4. The second kappa shape index (κ2) is 7.74. The molecule has 1 fully saturated rings. The third-order valence-electron chi connectivity index (χ3n) is 4.62. The molecule has 0 amide bonds. The number of aromatic nitrogens is 2. The smallest absolute Gasteiger partial charge is 0.159 e. The van der Waals surface area contributed by atoms with Gasteiger partial charge in [-0.1, -0.05) is 29.3 Å². The van der Waals surface area contributed by atoms with Crippen molar-refractivity contribution in [2.75, 3.05) is 18.4 Å². The summed E-state index contributed by atoms with van der Waals surface area (Å²) >= 11 is 12.1. The topological polar surface area (TPSA) is 62.2 Å². The van der Waals surface area contributed by atoms with Crippen molar-refractivity contribution in [1.82, 2.24) is 15.3 Å². The van der Waals surface area contributed by atoms with Gasteiger partial charge in [0.2, 0.25) is 0 Å². The molecule has 3 heterocycles. The highest BCUT2D eigenvalue weighted by Crippen LogP contribution is 2.28. The Balaban J connectivity index is 1.45. The Kier molecular flexibility index (Phi) is 5.20. The second-order valence-corrected chi connectivity index (χ2v) is 7.28. The quantitative estimate of drug-likeness (QED) is 0.825. The fraction of sp³-hybridized carbons (Fsp3) is 0.316. The van der Waals surface area contributed by atoms with Crippen molar-refractivity contribution in [2.24, 2.45) is 4.99 Å². The minimum Gasteiger partial charge on any atom is -0.367 e. The molecule has 4 rings (SSSR count). The molecular formula is C19H19Cl2N5. The van der Waals surface area contributed by atoms with Crippen LogP contribution in [0.2, 0.25) is 10.0 Å². The number of anilines is 1. The van der Waals surface area contributed by atoms with E-state index in [9.17, 15) is 0 Å². The molecule has 0 unspecified atom stereocenters. The Labute approximate surface area is 162 Å². The highest BCUT2D eigenvalue weighted by Gasteiger charge is 2.18. The van der Waals surface area contributed by atoms with E-state index in [0.29, 0.717) is 28.3 Å². The maximum atomic E-state index is 6.12. The molecule has 1 aromatic heterocycles. The first-order valence-electron chi connectivity index (χ1n) is 8.71. The molecule has 0 aliphatic carbocycles. The molecule has 0 bridgehead atoms. The van der Waals surface area contributed by atoms with Crippen LogP contribution in [0.15, 0.2) is 41.7 Å². The van der Waals surface area contributed by atoms with Crippen LogP contribution in [0.4, 0.5) is 5.82 Å². The van der Waals surface area contributed by atoms with Gasteiger partial charge in [0.25, 0.3) is 0 Å². The zero-order valence-electron chi connectivity index (χ0n) is 14.2. The van der Waals surface area contributed by atoms with Gasteiger partial charge < -0.3 is 10.6 Å². The zero-order chi connectivity index (χ0) is 17.9. The molecular weight excluding hydrogens is 369 g/mol. The fourth-order valence-electron chi connectivity index (χ4n) is 3.19. The van der Waals surface area contributed by atoms with Gasteiger partial charge in [-0.3, -0.25) is 4.99 Å². The molecule has 2 aromatic rings. The van der Waals surface area contributed by atoms with Crippen LogP contribution in [-0.2, 0) is 0 Å². The van der Waals surface area contributed by atoms with Crippen molar-refractivity contribution in [2.45, 2.75) is 25.3 Å². The number of halogens is 2. The Hall–Kier alpha value is -1.95. The summed E-state index contributed by atoms with van der Waals surface area (Å²) in [4.78, 5) is 13.6. The number of aliphatic imine (C=N–C) groups is 1. The number of benzene rings is 1. The summed E-state index contributed by atoms with van der Waals surface area (Å²) in [6.07, 6.45) is 6.51. The minimum atomic E-state index is 0.458. The summed E-state index contributed by atoms with van der Waals surface area (Å²) in [6, 6.07) is 7.94. The molecule has 1 saturated heterocycles. The molecule has 2 aliphatic rings. The molecule has 7 heteroatoms. The van der Waals surface area contributed by atoms with Gasteiger partial charge in [-0.25, -0.2) is 9.97 Å². The standard InChI is InChI=1S/C19H19Cl2N5/c20-15-2-1-12(9-16(15)21)17-10-13(11-24-17)19-23-8-5-18(26-19)25-14-3-6-22-7-4-14/h1-2,5,8-9,11,14,22H,3-4,6-7,10H2,(H,23,25,26). The van der Waals surface area contributed by atoms with E-state index >= 15 is 0 Å². The van der Waals surface area contributed by atoms with E-state index in [1.165, 1.54) is 0 Å². The molecule has 5 nitrogen and oxygen atoms in total. The molecule has 2 aliphatic heterocycles. The average molecular weight is 388 g/mol. The third kappa shape index (κ3) is 3.90. The number of allylic oxidation sites excluding steroid dienone is 1. The van der Waals surface area contributed by atoms with E-state index in [1.54, 1.807) is 12.3 Å². The van der Waals surface area contributed by atoms with Crippen molar-refractivity contribution >= 4 is 40.3 Å². The number of piperidine rings is 1. The summed E-state index contributed by atoms with van der Waals surface area (Å²) in [5.41, 5.74) is 2.91. The van der Waals surface area contributed by atoms with Crippen molar-refractivity contribution in [3.05, 3.63) is 58.1 Å². The number of hydrogen-bond donors (Lipinski definition) is 2. The summed E-state index contributed by atoms with van der Waals surface area (Å²) in [5.74, 6) is 1.58. The SMILES string of the molecule is Clc1ccc(C2=NC=C(c3nccc(NC4CCNCC4)n3)C2)cc1Cl. The van der Waals surface area contributed by atoms with Gasteiger partial charge in [0, 0.05) is 30.4 Å². The van der Waals surface area contributed by atoms with Crippen molar-refractivity contribution < 1.29 is 0 Å². The molecule has 2 N–H and O–H groups in total. The second-order valence-electron chi connectivity index (χ2n) is 6.47. The van der Waals surface area contributed by atoms with E-state index in [0.717, 1.165) is 48.6 Å². The van der Waals surface area contributed by atoms with E-state index < -0.39 is 0 Å². The van der Waals surface area contributed by atoms with Crippen LogP contribution in [-0.4, -0.2) is 34.8 Å². The first-order valence-corrected chi connectivity index (χ1v) is 9.46. The van der Waals surface area contributed by atoms with E-state index in [1.807, 2.05) is 24.4 Å². The van der Waals surface area contributed by atoms with Crippen LogP contribution in [0.1, 0.15) is 30.7 Å². The molecule has 0 saturated carbocycles. The molecule has 134 valence electrons. The van der Waals surface area contributed by atoms with Crippen LogP contribution >= 0.6 is 23.2 Å². The lowest BCUT2D eigenvalue weighted by Gasteiger charge is -2.24. The van der Waals surface area contributed by atoms with Crippen LogP contribution in [0.5, 0.6) is 0 Å². The Morgan fingerprint density at radius 1 is 1.08 bits per heavy atom. The molecule has 26 heavy (non-hydrogen) atoms. The minimum absolute atomic E-state index is 0.458. The van der Waals surface area contributed by atoms with Gasteiger partial charge in [0.1, 0.15) is 5.82 Å². The van der Waals surface area contributed by atoms with Gasteiger partial charge in [0.05, 0.1) is 15.8 Å². The largest absolute Gasteiger partial charge is 0.367 e. The Morgan fingerprint density at radius 2 is 1.92 bits per heavy atom. The van der Waals surface area contributed by atoms with E-state index in [4.69, 9.17) is 23.2 Å². The first kappa shape index (κ1) is 17.5. The lowest BCUT2D eigenvalue weighted by Crippen LogP contribution is -2.35. The molecule has 0 spiro atoms. The molecule has 1 aromatic carbocycles. The van der Waals surface area contributed by atoms with Gasteiger partial charge in [-0.15, -0.1) is 0 Å². The molecule has 0 atom stereocenters. The van der Waals surface area contributed by atoms with Crippen LogP contribution in [0, 0.1) is 0 Å². The summed E-state index contributed by atoms with van der Waals surface area (Å²) in [7, 11) is 0. The van der Waals surface area contributed by atoms with Crippen LogP contribution in [0.25, 0.3) is 5.57 Å². The number of hydrogen-bond acceptors (Lipinski definition) is 5. The number of nitrogens with zero attached hydrogens (tertiary/aromatic N) is 3. The predicted molar refractivity (Wildman–Crippen MR) is 107 cm³/mol. The first-order chi connectivity index (χ1) is 12.7. The van der Waals surface area contributed by atoms with Gasteiger partial charge in [-0.05, 0) is 49.7 Å². The van der Waals surface area contributed by atoms with Gasteiger partial charge in [0.15, 0.2) is 5.82 Å². The van der Waals surface area contributed by atoms with Crippen molar-refractivity contribution in [3.63, 3.8) is 0 Å². The van der Waals surface area contributed by atoms with Crippen molar-refractivity contribution in [1.29, 1.82) is 0 Å². The van der Waals surface area contributed by atoms with E-state index in [2.05, 4.69) is 25.6 Å². The fourth-order valence-corrected chi connectivity index (χ4v) is 3.48. The van der Waals surface area contributed by atoms with Gasteiger partial charge >= 0.3 is 0 Å². The van der Waals surface area contributed by atoms with Gasteiger partial charge in [-0.2, -0.15) is 0 Å². The molecule has 0 radical (unpaired) electrons. The normalized spacial score (nSPS) is 17.8. The predicted octanol–water partition coefficient (Wildman–Crippen LogP) is 4.18. The van der Waals surface area contributed by atoms with Crippen LogP contribution in [0.3, 0.4) is 0 Å². The Bertz CT molecular complexity index is 872. The summed E-state index contributed by atoms with van der Waals surface area (Å²) in [5, 5.41) is 7.96. The maximum Gasteiger partial charge on any atom is 0.159 e. The highest BCUT2D eigenvalue weighted by molar-refractivity contribution is 6.42. The average Bonchev–Trinajstić information content (AvgIpc) is 3.15. The monoisotopic (exact) mass is 387 g/mol. The maximum absolute atomic E-state index is 6.12. The number of nitrogens with one attached hydrogen (secondary N) is 2. The Morgan fingerprint density at radius 3 is 2.73 bits per heavy atom. The van der Waals surface area contributed by atoms with Crippen molar-refractivity contribution in [3.8, 4) is 0 Å². The highest BCUT2D eigenvalue weighted by atomic mass is 35.5.